The van der Waals surface area contributed by atoms with Gasteiger partial charge in [0.1, 0.15) is 0 Å². The van der Waals surface area contributed by atoms with Crippen LogP contribution in [-0.2, 0) is 0 Å². The van der Waals surface area contributed by atoms with Gasteiger partial charge in [-0.05, 0) is 152 Å². The first-order chi connectivity index (χ1) is 24.8. The van der Waals surface area contributed by atoms with Crippen molar-refractivity contribution in [1.82, 2.24) is 10.6 Å². The van der Waals surface area contributed by atoms with Crippen LogP contribution < -0.4 is 20.4 Å². The van der Waals surface area contributed by atoms with Gasteiger partial charge in [-0.15, -0.1) is 0 Å². The van der Waals surface area contributed by atoms with Gasteiger partial charge in [0, 0.05) is 53.5 Å². The van der Waals surface area contributed by atoms with Gasteiger partial charge in [-0.2, -0.15) is 0 Å². The standard InChI is InChI=1S/C45H47N5/c1-3-7-38(8-4-1)49(39-9-5-2-6-10-39)41-15-16-44-42(30-41)43-31-48-26-21-45(43)50(44)40-13-11-32(12-14-40)35-27-36(33-17-22-46-23-18-33)29-37(28-35)34-19-24-47-25-20-34/h1-16,22,27-30,33-34,43,45,47-48H,17-21,23-26,31H2. The molecule has 4 aliphatic heterocycles. The highest BCUT2D eigenvalue weighted by molar-refractivity contribution is 5.82. The van der Waals surface area contributed by atoms with E-state index in [0.717, 1.165) is 52.0 Å². The first-order valence-corrected chi connectivity index (χ1v) is 18.8. The molecule has 0 bridgehead atoms. The summed E-state index contributed by atoms with van der Waals surface area (Å²) >= 11 is 0. The molecule has 0 amide bonds. The van der Waals surface area contributed by atoms with Crippen LogP contribution in [0, 0.1) is 0 Å². The zero-order chi connectivity index (χ0) is 33.3. The van der Waals surface area contributed by atoms with Crippen LogP contribution in [0.5, 0.6) is 0 Å². The van der Waals surface area contributed by atoms with Crippen LogP contribution in [-0.4, -0.2) is 45.0 Å². The van der Waals surface area contributed by atoms with Crippen molar-refractivity contribution >= 4 is 34.7 Å². The summed E-state index contributed by atoms with van der Waals surface area (Å²) in [6.45, 7) is 5.22. The molecule has 5 aromatic rings. The molecule has 5 nitrogen and oxygen atoms in total. The summed E-state index contributed by atoms with van der Waals surface area (Å²) in [6.07, 6.45) is 7.91. The minimum Gasteiger partial charge on any atom is -0.337 e. The highest BCUT2D eigenvalue weighted by Crippen LogP contribution is 2.50. The van der Waals surface area contributed by atoms with E-state index in [0.29, 0.717) is 23.8 Å². The van der Waals surface area contributed by atoms with Gasteiger partial charge in [0.2, 0.25) is 0 Å². The number of nitrogens with zero attached hydrogens (tertiary/aromatic N) is 3. The SMILES string of the molecule is C1=NCCC(c2cc(-c3ccc(N4c5ccc(N(c6ccccc6)c6ccccc6)cc5C5CNCCC54)cc3)cc(C3CCNCC3)c2)C1. The molecule has 2 N–H and O–H groups in total. The molecule has 2 saturated heterocycles. The number of hydrogen-bond donors (Lipinski definition) is 2. The molecule has 5 heteroatoms. The third-order valence-electron chi connectivity index (χ3n) is 11.6. The summed E-state index contributed by atoms with van der Waals surface area (Å²) in [5.41, 5.74) is 13.3. The number of benzene rings is 5. The molecule has 9 rings (SSSR count). The highest BCUT2D eigenvalue weighted by atomic mass is 15.2. The Balaban J connectivity index is 1.07. The van der Waals surface area contributed by atoms with E-state index >= 15 is 0 Å². The zero-order valence-electron chi connectivity index (χ0n) is 28.8. The summed E-state index contributed by atoms with van der Waals surface area (Å²) in [7, 11) is 0. The molecule has 2 fully saturated rings. The quantitative estimate of drug-likeness (QED) is 0.183. The minimum atomic E-state index is 0.440. The van der Waals surface area contributed by atoms with Gasteiger partial charge in [-0.25, -0.2) is 0 Å². The summed E-state index contributed by atoms with van der Waals surface area (Å²) in [5, 5.41) is 7.29. The van der Waals surface area contributed by atoms with Crippen LogP contribution in [0.4, 0.5) is 28.4 Å². The molecule has 50 heavy (non-hydrogen) atoms. The van der Waals surface area contributed by atoms with Crippen molar-refractivity contribution < 1.29 is 0 Å². The second-order valence-corrected chi connectivity index (χ2v) is 14.6. The number of nitrogens with one attached hydrogen (secondary N) is 2. The van der Waals surface area contributed by atoms with Crippen molar-refractivity contribution in [2.75, 3.05) is 42.5 Å². The molecule has 0 aromatic heterocycles. The molecule has 5 aromatic carbocycles. The van der Waals surface area contributed by atoms with Crippen LogP contribution in [0.1, 0.15) is 66.5 Å². The van der Waals surface area contributed by atoms with Crippen LogP contribution in [0.2, 0.25) is 0 Å². The van der Waals surface area contributed by atoms with Gasteiger partial charge in [-0.3, -0.25) is 4.99 Å². The largest absolute Gasteiger partial charge is 0.337 e. The van der Waals surface area contributed by atoms with E-state index in [1.807, 2.05) is 0 Å². The highest BCUT2D eigenvalue weighted by Gasteiger charge is 2.41. The van der Waals surface area contributed by atoms with Gasteiger partial charge in [0.15, 0.2) is 0 Å². The van der Waals surface area contributed by atoms with E-state index in [4.69, 9.17) is 0 Å². The monoisotopic (exact) mass is 657 g/mol. The summed E-state index contributed by atoms with van der Waals surface area (Å²) < 4.78 is 0. The van der Waals surface area contributed by atoms with Crippen molar-refractivity contribution in [3.05, 3.63) is 138 Å². The molecule has 3 atom stereocenters. The second-order valence-electron chi connectivity index (χ2n) is 14.6. The van der Waals surface area contributed by atoms with Gasteiger partial charge in [0.25, 0.3) is 0 Å². The number of fused-ring (bicyclic) bond motifs is 3. The van der Waals surface area contributed by atoms with Gasteiger partial charge < -0.3 is 20.4 Å². The Kier molecular flexibility index (Phi) is 8.69. The maximum atomic E-state index is 4.53. The van der Waals surface area contributed by atoms with Crippen LogP contribution >= 0.6 is 0 Å². The molecule has 4 aliphatic rings. The van der Waals surface area contributed by atoms with Crippen molar-refractivity contribution in [3.63, 3.8) is 0 Å². The average Bonchev–Trinajstić information content (AvgIpc) is 3.53. The Morgan fingerprint density at radius 1 is 0.600 bits per heavy atom. The van der Waals surface area contributed by atoms with E-state index in [-0.39, 0.29) is 0 Å². The fraction of sp³-hybridized carbons (Fsp3) is 0.311. The van der Waals surface area contributed by atoms with E-state index in [1.54, 1.807) is 0 Å². The zero-order valence-corrected chi connectivity index (χ0v) is 28.8. The number of para-hydroxylation sites is 2. The van der Waals surface area contributed by atoms with E-state index in [1.165, 1.54) is 69.1 Å². The Morgan fingerprint density at radius 3 is 2.00 bits per heavy atom. The number of rotatable bonds is 7. The fourth-order valence-electron chi connectivity index (χ4n) is 9.01. The van der Waals surface area contributed by atoms with Crippen LogP contribution in [0.25, 0.3) is 11.1 Å². The van der Waals surface area contributed by atoms with Crippen molar-refractivity contribution in [3.8, 4) is 11.1 Å². The predicted molar refractivity (Wildman–Crippen MR) is 209 cm³/mol. The molecular formula is C45H47N5. The second kappa shape index (κ2) is 13.9. The van der Waals surface area contributed by atoms with Gasteiger partial charge >= 0.3 is 0 Å². The molecule has 0 aliphatic carbocycles. The van der Waals surface area contributed by atoms with Gasteiger partial charge in [0.05, 0.1) is 0 Å². The Morgan fingerprint density at radius 2 is 1.30 bits per heavy atom. The Hall–Kier alpha value is -4.71. The lowest BCUT2D eigenvalue weighted by Crippen LogP contribution is -2.42. The topological polar surface area (TPSA) is 42.9 Å². The van der Waals surface area contributed by atoms with E-state index in [2.05, 4.69) is 153 Å². The molecular weight excluding hydrogens is 611 g/mol. The number of piperidine rings is 2. The Bertz CT molecular complexity index is 1910. The number of aliphatic imine (C=N–C) groups is 1. The number of anilines is 5. The summed E-state index contributed by atoms with van der Waals surface area (Å²) in [5.74, 6) is 1.64. The first-order valence-electron chi connectivity index (χ1n) is 18.8. The predicted octanol–water partition coefficient (Wildman–Crippen LogP) is 9.84. The smallest absolute Gasteiger partial charge is 0.0466 e. The summed E-state index contributed by atoms with van der Waals surface area (Å²) in [4.78, 5) is 9.56. The minimum absolute atomic E-state index is 0.440. The van der Waals surface area contributed by atoms with Crippen molar-refractivity contribution in [2.24, 2.45) is 4.99 Å². The van der Waals surface area contributed by atoms with Crippen LogP contribution in [0.15, 0.2) is 126 Å². The first kappa shape index (κ1) is 31.3. The third-order valence-corrected chi connectivity index (χ3v) is 11.6. The van der Waals surface area contributed by atoms with Crippen LogP contribution in [0.3, 0.4) is 0 Å². The lowest BCUT2D eigenvalue weighted by Gasteiger charge is -2.34. The molecule has 0 spiro atoms. The molecule has 3 unspecified atom stereocenters. The lowest BCUT2D eigenvalue weighted by molar-refractivity contribution is 0.419. The molecule has 4 heterocycles. The third kappa shape index (κ3) is 6.03. The molecule has 0 radical (unpaired) electrons. The molecule has 252 valence electrons. The van der Waals surface area contributed by atoms with E-state index in [9.17, 15) is 0 Å². The normalized spacial score (nSPS) is 21.8. The van der Waals surface area contributed by atoms with Crippen molar-refractivity contribution in [2.45, 2.75) is 55.9 Å². The van der Waals surface area contributed by atoms with Crippen molar-refractivity contribution in [1.29, 1.82) is 0 Å². The fourth-order valence-corrected chi connectivity index (χ4v) is 9.01. The summed E-state index contributed by atoms with van der Waals surface area (Å²) in [6, 6.07) is 46.1. The average molecular weight is 658 g/mol. The lowest BCUT2D eigenvalue weighted by atomic mass is 9.83. The maximum absolute atomic E-state index is 4.53. The van der Waals surface area contributed by atoms with Gasteiger partial charge in [-0.1, -0.05) is 66.7 Å². The Labute approximate surface area is 297 Å². The number of hydrogen-bond acceptors (Lipinski definition) is 5. The maximum Gasteiger partial charge on any atom is 0.0466 e. The van der Waals surface area contributed by atoms with E-state index < -0.39 is 0 Å². The molecule has 0 saturated carbocycles.